The number of amides is 1. The third kappa shape index (κ3) is 7.54. The molecule has 1 amide bonds. The van der Waals surface area contributed by atoms with Crippen LogP contribution in [0.15, 0.2) is 77.7 Å². The Kier molecular flexibility index (Phi) is 8.95. The van der Waals surface area contributed by atoms with Gasteiger partial charge in [-0.1, -0.05) is 48.0 Å². The third-order valence-corrected chi connectivity index (χ3v) is 7.11. The van der Waals surface area contributed by atoms with Crippen LogP contribution < -0.4 is 10.0 Å². The Morgan fingerprint density at radius 1 is 0.919 bits per heavy atom. The maximum atomic E-state index is 13.1. The van der Waals surface area contributed by atoms with Crippen molar-refractivity contribution in [1.29, 1.82) is 0 Å². The molecule has 7 nitrogen and oxygen atoms in total. The number of carboxylic acid groups (broad SMARTS) is 1. The van der Waals surface area contributed by atoms with E-state index in [0.717, 1.165) is 29.3 Å². The lowest BCUT2D eigenvalue weighted by atomic mass is 10.1. The summed E-state index contributed by atoms with van der Waals surface area (Å²) in [6.07, 6.45) is -4.93. The summed E-state index contributed by atoms with van der Waals surface area (Å²) in [4.78, 5) is 23.7. The van der Waals surface area contributed by atoms with Crippen molar-refractivity contribution in [3.8, 4) is 11.1 Å². The van der Waals surface area contributed by atoms with Crippen LogP contribution >= 0.6 is 11.6 Å². The summed E-state index contributed by atoms with van der Waals surface area (Å²) >= 11 is 5.87. The molecule has 3 aromatic rings. The standard InChI is InChI=1S/C25H22ClF3N2O5S/c26-18-11-7-16(8-12-18)17-9-13-19(14-10-17)37(35,36)31-22(24(33)34)6-3-15-30-23(32)20-4-1-2-5-21(20)25(27,28)29/h1-2,4-5,7-14,22,31H,3,6,15H2,(H,30,32)(H,33,34). The van der Waals surface area contributed by atoms with Crippen LogP contribution in [0.25, 0.3) is 11.1 Å². The van der Waals surface area contributed by atoms with Crippen molar-refractivity contribution in [3.63, 3.8) is 0 Å². The molecule has 0 aromatic heterocycles. The van der Waals surface area contributed by atoms with Gasteiger partial charge in [-0.2, -0.15) is 17.9 Å². The summed E-state index contributed by atoms with van der Waals surface area (Å²) in [5, 5.41) is 12.3. The van der Waals surface area contributed by atoms with Gasteiger partial charge in [-0.3, -0.25) is 9.59 Å². The fourth-order valence-electron chi connectivity index (χ4n) is 3.49. The maximum Gasteiger partial charge on any atom is 0.417 e. The lowest BCUT2D eigenvalue weighted by Gasteiger charge is -2.16. The highest BCUT2D eigenvalue weighted by Gasteiger charge is 2.34. The van der Waals surface area contributed by atoms with Gasteiger partial charge in [0, 0.05) is 11.6 Å². The summed E-state index contributed by atoms with van der Waals surface area (Å²) in [6.45, 7) is -0.160. The van der Waals surface area contributed by atoms with Gasteiger partial charge in [0.2, 0.25) is 10.0 Å². The number of nitrogens with one attached hydrogen (secondary N) is 2. The van der Waals surface area contributed by atoms with Crippen LogP contribution in [0.5, 0.6) is 0 Å². The van der Waals surface area contributed by atoms with Gasteiger partial charge in [-0.25, -0.2) is 8.42 Å². The molecule has 37 heavy (non-hydrogen) atoms. The number of carbonyl (C=O) groups excluding carboxylic acids is 1. The molecule has 3 rings (SSSR count). The molecule has 196 valence electrons. The van der Waals surface area contributed by atoms with Crippen LogP contribution in [0.2, 0.25) is 5.02 Å². The predicted molar refractivity (Wildman–Crippen MR) is 132 cm³/mol. The number of hydrogen-bond donors (Lipinski definition) is 3. The van der Waals surface area contributed by atoms with Crippen molar-refractivity contribution >= 4 is 33.5 Å². The average molecular weight is 555 g/mol. The zero-order chi connectivity index (χ0) is 27.2. The Hall–Kier alpha value is -3.41. The number of hydrogen-bond acceptors (Lipinski definition) is 4. The zero-order valence-corrected chi connectivity index (χ0v) is 20.7. The van der Waals surface area contributed by atoms with E-state index in [0.29, 0.717) is 5.02 Å². The zero-order valence-electron chi connectivity index (χ0n) is 19.1. The summed E-state index contributed by atoms with van der Waals surface area (Å²) in [5.41, 5.74) is -0.115. The molecule has 0 aliphatic heterocycles. The molecule has 3 N–H and O–H groups in total. The fourth-order valence-corrected chi connectivity index (χ4v) is 4.84. The molecule has 0 aliphatic rings. The quantitative estimate of drug-likeness (QED) is 0.306. The second-order valence-corrected chi connectivity index (χ2v) is 10.1. The van der Waals surface area contributed by atoms with Gasteiger partial charge in [0.05, 0.1) is 16.0 Å². The van der Waals surface area contributed by atoms with Crippen molar-refractivity contribution in [2.75, 3.05) is 6.54 Å². The minimum atomic E-state index is -4.71. The van der Waals surface area contributed by atoms with E-state index in [1.54, 1.807) is 36.4 Å². The number of aliphatic carboxylic acids is 1. The number of rotatable bonds is 10. The molecule has 0 saturated heterocycles. The highest BCUT2D eigenvalue weighted by Crippen LogP contribution is 2.31. The molecule has 12 heteroatoms. The van der Waals surface area contributed by atoms with Crippen molar-refractivity contribution in [3.05, 3.63) is 88.9 Å². The molecule has 0 aliphatic carbocycles. The Balaban J connectivity index is 1.59. The lowest BCUT2D eigenvalue weighted by molar-refractivity contribution is -0.139. The third-order valence-electron chi connectivity index (χ3n) is 5.37. The second-order valence-electron chi connectivity index (χ2n) is 7.98. The number of carbonyl (C=O) groups is 2. The molecule has 0 fully saturated rings. The van der Waals surface area contributed by atoms with Crippen LogP contribution in [0.1, 0.15) is 28.8 Å². The van der Waals surface area contributed by atoms with E-state index in [1.165, 1.54) is 18.2 Å². The van der Waals surface area contributed by atoms with E-state index >= 15 is 0 Å². The van der Waals surface area contributed by atoms with Crippen molar-refractivity contribution in [2.45, 2.75) is 30.0 Å². The van der Waals surface area contributed by atoms with E-state index in [2.05, 4.69) is 10.0 Å². The first kappa shape index (κ1) is 28.2. The van der Waals surface area contributed by atoms with Crippen molar-refractivity contribution in [1.82, 2.24) is 10.0 Å². The van der Waals surface area contributed by atoms with Gasteiger partial charge in [-0.15, -0.1) is 0 Å². The molecule has 0 heterocycles. The van der Waals surface area contributed by atoms with E-state index in [1.807, 2.05) is 0 Å². The van der Waals surface area contributed by atoms with Gasteiger partial charge in [0.25, 0.3) is 5.91 Å². The molecule has 3 aromatic carbocycles. The minimum absolute atomic E-state index is 0.00504. The van der Waals surface area contributed by atoms with Gasteiger partial charge < -0.3 is 10.4 Å². The Morgan fingerprint density at radius 2 is 1.49 bits per heavy atom. The Morgan fingerprint density at radius 3 is 2.05 bits per heavy atom. The fraction of sp³-hybridized carbons (Fsp3) is 0.200. The van der Waals surface area contributed by atoms with Gasteiger partial charge in [-0.05, 0) is 60.4 Å². The number of sulfonamides is 1. The van der Waals surface area contributed by atoms with Crippen LogP contribution in [-0.4, -0.2) is 38.0 Å². The molecule has 1 atom stereocenters. The first-order valence-electron chi connectivity index (χ1n) is 10.9. The van der Waals surface area contributed by atoms with E-state index < -0.39 is 45.2 Å². The second kappa shape index (κ2) is 11.8. The number of alkyl halides is 3. The largest absolute Gasteiger partial charge is 0.480 e. The maximum absolute atomic E-state index is 13.1. The van der Waals surface area contributed by atoms with Crippen LogP contribution in [-0.2, 0) is 21.0 Å². The molecule has 0 radical (unpaired) electrons. The van der Waals surface area contributed by atoms with Crippen LogP contribution in [0.3, 0.4) is 0 Å². The average Bonchev–Trinajstić information content (AvgIpc) is 2.85. The van der Waals surface area contributed by atoms with Crippen LogP contribution in [0, 0.1) is 0 Å². The van der Waals surface area contributed by atoms with Gasteiger partial charge in [0.15, 0.2) is 0 Å². The lowest BCUT2D eigenvalue weighted by Crippen LogP contribution is -2.41. The minimum Gasteiger partial charge on any atom is -0.480 e. The van der Waals surface area contributed by atoms with Gasteiger partial charge >= 0.3 is 12.1 Å². The Bertz CT molecular complexity index is 1360. The Labute approximate surface area is 216 Å². The highest BCUT2D eigenvalue weighted by atomic mass is 35.5. The molecular formula is C25H22ClF3N2O5S. The topological polar surface area (TPSA) is 113 Å². The molecule has 1 unspecified atom stereocenters. The van der Waals surface area contributed by atoms with E-state index in [-0.39, 0.29) is 24.3 Å². The number of halogens is 4. The molecule has 0 bridgehead atoms. The SMILES string of the molecule is O=C(NCCCC(NS(=O)(=O)c1ccc(-c2ccc(Cl)cc2)cc1)C(=O)O)c1ccccc1C(F)(F)F. The highest BCUT2D eigenvalue weighted by molar-refractivity contribution is 7.89. The summed E-state index contributed by atoms with van der Waals surface area (Å²) < 4.78 is 66.9. The summed E-state index contributed by atoms with van der Waals surface area (Å²) in [6, 6.07) is 15.5. The van der Waals surface area contributed by atoms with Gasteiger partial charge in [0.1, 0.15) is 6.04 Å². The van der Waals surface area contributed by atoms with E-state index in [4.69, 9.17) is 11.6 Å². The van der Waals surface area contributed by atoms with Crippen LogP contribution in [0.4, 0.5) is 13.2 Å². The van der Waals surface area contributed by atoms with Crippen molar-refractivity contribution in [2.24, 2.45) is 0 Å². The first-order valence-corrected chi connectivity index (χ1v) is 12.8. The monoisotopic (exact) mass is 554 g/mol. The molecular weight excluding hydrogens is 533 g/mol. The number of benzene rings is 3. The first-order chi connectivity index (χ1) is 17.4. The molecule has 0 spiro atoms. The molecule has 0 saturated carbocycles. The predicted octanol–water partition coefficient (Wildman–Crippen LogP) is 4.97. The summed E-state index contributed by atoms with van der Waals surface area (Å²) in [5.74, 6) is -2.41. The summed E-state index contributed by atoms with van der Waals surface area (Å²) in [7, 11) is -4.19. The number of carboxylic acids is 1. The van der Waals surface area contributed by atoms with Crippen molar-refractivity contribution < 1.29 is 36.3 Å². The normalized spacial score (nSPS) is 12.6. The smallest absolute Gasteiger partial charge is 0.417 e. The van der Waals surface area contributed by atoms with E-state index in [9.17, 15) is 36.3 Å².